The van der Waals surface area contributed by atoms with Gasteiger partial charge in [0, 0.05) is 18.2 Å². The summed E-state index contributed by atoms with van der Waals surface area (Å²) in [5, 5.41) is 5.41. The quantitative estimate of drug-likeness (QED) is 0.562. The molecule has 1 aromatic carbocycles. The van der Waals surface area contributed by atoms with Crippen LogP contribution in [0.15, 0.2) is 30.3 Å². The first-order valence-corrected chi connectivity index (χ1v) is 13.7. The molecular formula is C25H30N4O4S. The molecule has 180 valence electrons. The Labute approximate surface area is 199 Å². The van der Waals surface area contributed by atoms with Crippen molar-refractivity contribution < 1.29 is 17.9 Å². The van der Waals surface area contributed by atoms with Gasteiger partial charge < -0.3 is 9.64 Å². The molecule has 2 atom stereocenters. The second kappa shape index (κ2) is 8.69. The lowest BCUT2D eigenvalue weighted by Gasteiger charge is -2.33. The zero-order chi connectivity index (χ0) is 24.0. The van der Waals surface area contributed by atoms with Gasteiger partial charge in [-0.3, -0.25) is 4.79 Å². The van der Waals surface area contributed by atoms with Crippen molar-refractivity contribution in [3.63, 3.8) is 0 Å². The van der Waals surface area contributed by atoms with Gasteiger partial charge in [-0.2, -0.15) is 5.10 Å². The fourth-order valence-electron chi connectivity index (χ4n) is 5.19. The molecule has 8 nitrogen and oxygen atoms in total. The van der Waals surface area contributed by atoms with Gasteiger partial charge in [-0.15, -0.1) is 0 Å². The third-order valence-electron chi connectivity index (χ3n) is 7.05. The Morgan fingerprint density at radius 1 is 1.18 bits per heavy atom. The Morgan fingerprint density at radius 2 is 2.00 bits per heavy atom. The van der Waals surface area contributed by atoms with E-state index in [-0.39, 0.29) is 29.5 Å². The number of carbonyl (C=O) groups excluding carboxylic acids is 1. The molecule has 4 heterocycles. The molecule has 2 aromatic heterocycles. The topological polar surface area (TPSA) is 94.4 Å². The number of sulfone groups is 1. The Hall–Kier alpha value is -2.94. The van der Waals surface area contributed by atoms with Crippen LogP contribution in [0.1, 0.15) is 54.7 Å². The molecule has 2 aliphatic heterocycles. The Bertz CT molecular complexity index is 1360. The molecule has 0 spiro atoms. The number of pyridine rings is 1. The van der Waals surface area contributed by atoms with Crippen LogP contribution < -0.4 is 4.74 Å². The number of methoxy groups -OCH3 is 1. The van der Waals surface area contributed by atoms with Crippen molar-refractivity contribution in [1.82, 2.24) is 19.7 Å². The van der Waals surface area contributed by atoms with E-state index in [4.69, 9.17) is 14.8 Å². The van der Waals surface area contributed by atoms with Crippen molar-refractivity contribution in [2.24, 2.45) is 0 Å². The smallest absolute Gasteiger partial charge is 0.254 e. The summed E-state index contributed by atoms with van der Waals surface area (Å²) in [7, 11) is -1.49. The number of carbonyl (C=O) groups is 1. The molecule has 0 bridgehead atoms. The fraction of sp³-hybridized carbons (Fsp3) is 0.480. The highest BCUT2D eigenvalue weighted by Crippen LogP contribution is 2.34. The molecule has 0 radical (unpaired) electrons. The average Bonchev–Trinajstić information content (AvgIpc) is 3.37. The highest BCUT2D eigenvalue weighted by atomic mass is 32.2. The molecule has 2 saturated heterocycles. The number of nitrogens with zero attached hydrogens (tertiary/aromatic N) is 4. The number of aryl methyl sites for hydroxylation is 1. The molecular weight excluding hydrogens is 452 g/mol. The standard InChI is InChI=1S/C25H30N4O4S/c1-16-7-4-5-11-28(16)25(30)21-14-22(18-8-6-9-20(13-18)33-3)26-24-23(21)17(2)27-29(24)19-10-12-34(31,32)15-19/h6,8-9,13-14,16,19H,4-5,7,10-12,15H2,1-3H3. The molecule has 1 amide bonds. The van der Waals surface area contributed by atoms with Gasteiger partial charge in [0.1, 0.15) is 5.75 Å². The van der Waals surface area contributed by atoms with Crippen LogP contribution in [0, 0.1) is 6.92 Å². The number of benzene rings is 1. The summed E-state index contributed by atoms with van der Waals surface area (Å²) in [5.74, 6) is 0.861. The van der Waals surface area contributed by atoms with E-state index in [2.05, 4.69) is 6.92 Å². The first-order chi connectivity index (χ1) is 16.3. The van der Waals surface area contributed by atoms with E-state index < -0.39 is 9.84 Å². The van der Waals surface area contributed by atoms with E-state index in [1.807, 2.05) is 42.2 Å². The Morgan fingerprint density at radius 3 is 2.71 bits per heavy atom. The van der Waals surface area contributed by atoms with E-state index in [1.54, 1.807) is 11.8 Å². The number of rotatable bonds is 4. The van der Waals surface area contributed by atoms with E-state index in [9.17, 15) is 13.2 Å². The number of amides is 1. The predicted molar refractivity (Wildman–Crippen MR) is 131 cm³/mol. The summed E-state index contributed by atoms with van der Waals surface area (Å²) in [6.07, 6.45) is 3.60. The van der Waals surface area contributed by atoms with Gasteiger partial charge in [-0.25, -0.2) is 18.1 Å². The first-order valence-electron chi connectivity index (χ1n) is 11.8. The maximum atomic E-state index is 13.9. The van der Waals surface area contributed by atoms with Crippen molar-refractivity contribution in [2.45, 2.75) is 51.6 Å². The SMILES string of the molecule is COc1cccc(-c2cc(C(=O)N3CCCCC3C)c3c(C)nn(C4CCS(=O)(=O)C4)c3n2)c1. The molecule has 0 aliphatic carbocycles. The van der Waals surface area contributed by atoms with Gasteiger partial charge in [-0.1, -0.05) is 12.1 Å². The van der Waals surface area contributed by atoms with Crippen molar-refractivity contribution in [1.29, 1.82) is 0 Å². The zero-order valence-corrected chi connectivity index (χ0v) is 20.6. The minimum atomic E-state index is -3.11. The second-order valence-electron chi connectivity index (χ2n) is 9.42. The molecule has 2 unspecified atom stereocenters. The van der Waals surface area contributed by atoms with Crippen LogP contribution in [0.4, 0.5) is 0 Å². The lowest BCUT2D eigenvalue weighted by Crippen LogP contribution is -2.42. The lowest BCUT2D eigenvalue weighted by atomic mass is 10.00. The van der Waals surface area contributed by atoms with Crippen molar-refractivity contribution >= 4 is 26.8 Å². The normalized spacial score (nSPS) is 22.3. The predicted octanol–water partition coefficient (Wildman–Crippen LogP) is 3.79. The minimum absolute atomic E-state index is 0.0227. The molecule has 5 rings (SSSR count). The summed E-state index contributed by atoms with van der Waals surface area (Å²) in [5.41, 5.74) is 3.29. The maximum absolute atomic E-state index is 13.9. The Kier molecular flexibility index (Phi) is 5.83. The van der Waals surface area contributed by atoms with E-state index >= 15 is 0 Å². The zero-order valence-electron chi connectivity index (χ0n) is 19.8. The fourth-order valence-corrected chi connectivity index (χ4v) is 6.88. The lowest BCUT2D eigenvalue weighted by molar-refractivity contribution is 0.0637. The summed E-state index contributed by atoms with van der Waals surface area (Å²) >= 11 is 0. The van der Waals surface area contributed by atoms with Crippen molar-refractivity contribution in [3.05, 3.63) is 41.6 Å². The van der Waals surface area contributed by atoms with Crippen molar-refractivity contribution in [3.8, 4) is 17.0 Å². The van der Waals surface area contributed by atoms with Gasteiger partial charge in [0.2, 0.25) is 0 Å². The van der Waals surface area contributed by atoms with E-state index in [0.717, 1.165) is 31.4 Å². The first kappa shape index (κ1) is 22.8. The van der Waals surface area contributed by atoms with Gasteiger partial charge in [0.05, 0.1) is 47.0 Å². The van der Waals surface area contributed by atoms with E-state index in [1.165, 1.54) is 0 Å². The highest BCUT2D eigenvalue weighted by molar-refractivity contribution is 7.91. The molecule has 2 fully saturated rings. The molecule has 9 heteroatoms. The third-order valence-corrected chi connectivity index (χ3v) is 8.80. The van der Waals surface area contributed by atoms with Crippen LogP contribution in [0.2, 0.25) is 0 Å². The largest absolute Gasteiger partial charge is 0.497 e. The number of hydrogen-bond acceptors (Lipinski definition) is 6. The summed E-state index contributed by atoms with van der Waals surface area (Å²) in [4.78, 5) is 20.7. The number of fused-ring (bicyclic) bond motifs is 1. The van der Waals surface area contributed by atoms with E-state index in [0.29, 0.717) is 40.2 Å². The summed E-state index contributed by atoms with van der Waals surface area (Å²) in [6, 6.07) is 9.31. The van der Waals surface area contributed by atoms with Crippen LogP contribution in [-0.4, -0.2) is 65.2 Å². The Balaban J connectivity index is 1.71. The second-order valence-corrected chi connectivity index (χ2v) is 11.6. The summed E-state index contributed by atoms with van der Waals surface area (Å²) in [6.45, 7) is 4.69. The van der Waals surface area contributed by atoms with Crippen LogP contribution >= 0.6 is 0 Å². The monoisotopic (exact) mass is 482 g/mol. The number of likely N-dealkylation sites (tertiary alicyclic amines) is 1. The number of piperidine rings is 1. The minimum Gasteiger partial charge on any atom is -0.497 e. The van der Waals surface area contributed by atoms with Crippen LogP contribution in [0.3, 0.4) is 0 Å². The van der Waals surface area contributed by atoms with Gasteiger partial charge >= 0.3 is 0 Å². The highest BCUT2D eigenvalue weighted by Gasteiger charge is 2.33. The van der Waals surface area contributed by atoms with Crippen LogP contribution in [0.25, 0.3) is 22.3 Å². The maximum Gasteiger partial charge on any atom is 0.254 e. The van der Waals surface area contributed by atoms with Gasteiger partial charge in [-0.05, 0) is 57.7 Å². The van der Waals surface area contributed by atoms with Gasteiger partial charge in [0.15, 0.2) is 15.5 Å². The van der Waals surface area contributed by atoms with Gasteiger partial charge in [0.25, 0.3) is 5.91 Å². The molecule has 0 saturated carbocycles. The van der Waals surface area contributed by atoms with Crippen LogP contribution in [0.5, 0.6) is 5.75 Å². The molecule has 3 aromatic rings. The van der Waals surface area contributed by atoms with Crippen molar-refractivity contribution in [2.75, 3.05) is 25.2 Å². The van der Waals surface area contributed by atoms with Crippen LogP contribution in [-0.2, 0) is 9.84 Å². The average molecular weight is 483 g/mol. The summed E-state index contributed by atoms with van der Waals surface area (Å²) < 4.78 is 31.5. The third kappa shape index (κ3) is 4.06. The molecule has 34 heavy (non-hydrogen) atoms. The number of hydrogen-bond donors (Lipinski definition) is 0. The molecule has 0 N–H and O–H groups in total. The number of aromatic nitrogens is 3. The number of ether oxygens (including phenoxy) is 1. The molecule has 2 aliphatic rings.